The SMILES string of the molecule is [CH2]C1=COC=CO1. The Labute approximate surface area is 42.0 Å². The lowest BCUT2D eigenvalue weighted by Crippen LogP contribution is -1.84. The molecule has 0 amide bonds. The van der Waals surface area contributed by atoms with Crippen LogP contribution in [-0.2, 0) is 9.47 Å². The van der Waals surface area contributed by atoms with Crippen LogP contribution in [0.1, 0.15) is 0 Å². The Kier molecular flexibility index (Phi) is 1.02. The van der Waals surface area contributed by atoms with E-state index < -0.39 is 0 Å². The number of ether oxygens (including phenoxy) is 2. The van der Waals surface area contributed by atoms with Crippen LogP contribution >= 0.6 is 0 Å². The summed E-state index contributed by atoms with van der Waals surface area (Å²) in [5, 5.41) is 0. The fourth-order valence-electron chi connectivity index (χ4n) is 0.290. The van der Waals surface area contributed by atoms with Gasteiger partial charge in [0, 0.05) is 6.92 Å². The van der Waals surface area contributed by atoms with E-state index in [9.17, 15) is 0 Å². The summed E-state index contributed by atoms with van der Waals surface area (Å²) >= 11 is 0. The monoisotopic (exact) mass is 97.0 g/mol. The Morgan fingerprint density at radius 3 is 2.57 bits per heavy atom. The van der Waals surface area contributed by atoms with Gasteiger partial charge in [-0.05, 0) is 0 Å². The van der Waals surface area contributed by atoms with Crippen LogP contribution in [0.3, 0.4) is 0 Å². The minimum atomic E-state index is 0.530. The van der Waals surface area contributed by atoms with Crippen molar-refractivity contribution in [3.8, 4) is 0 Å². The smallest absolute Gasteiger partial charge is 0.139 e. The molecule has 1 aliphatic rings. The van der Waals surface area contributed by atoms with E-state index in [2.05, 4.69) is 11.7 Å². The molecule has 0 fully saturated rings. The van der Waals surface area contributed by atoms with Crippen LogP contribution in [0.15, 0.2) is 24.5 Å². The number of hydrogen-bond acceptors (Lipinski definition) is 2. The van der Waals surface area contributed by atoms with E-state index in [4.69, 9.17) is 4.74 Å². The third-order valence-corrected chi connectivity index (χ3v) is 0.553. The summed E-state index contributed by atoms with van der Waals surface area (Å²) in [6, 6.07) is 0. The first kappa shape index (κ1) is 4.24. The highest BCUT2D eigenvalue weighted by Crippen LogP contribution is 2.01. The van der Waals surface area contributed by atoms with Crippen molar-refractivity contribution in [2.75, 3.05) is 0 Å². The van der Waals surface area contributed by atoms with Gasteiger partial charge in [0.05, 0.1) is 0 Å². The maximum absolute atomic E-state index is 4.72. The molecule has 1 heterocycles. The average molecular weight is 97.1 g/mol. The molecule has 0 aromatic carbocycles. The van der Waals surface area contributed by atoms with Gasteiger partial charge in [0.2, 0.25) is 0 Å². The highest BCUT2D eigenvalue weighted by atomic mass is 16.5. The second-order valence-corrected chi connectivity index (χ2v) is 1.11. The van der Waals surface area contributed by atoms with Gasteiger partial charge in [-0.15, -0.1) is 0 Å². The van der Waals surface area contributed by atoms with Gasteiger partial charge >= 0.3 is 0 Å². The van der Waals surface area contributed by atoms with E-state index in [0.717, 1.165) is 0 Å². The predicted octanol–water partition coefficient (Wildman–Crippen LogP) is 1.18. The lowest BCUT2D eigenvalue weighted by Gasteiger charge is -2.02. The van der Waals surface area contributed by atoms with Crippen molar-refractivity contribution >= 4 is 0 Å². The van der Waals surface area contributed by atoms with Crippen molar-refractivity contribution in [1.82, 2.24) is 0 Å². The van der Waals surface area contributed by atoms with E-state index in [-0.39, 0.29) is 0 Å². The van der Waals surface area contributed by atoms with Gasteiger partial charge in [-0.1, -0.05) is 0 Å². The number of rotatable bonds is 0. The molecule has 1 aliphatic heterocycles. The zero-order valence-corrected chi connectivity index (χ0v) is 3.76. The summed E-state index contributed by atoms with van der Waals surface area (Å²) in [4.78, 5) is 0. The minimum Gasteiger partial charge on any atom is -0.466 e. The molecular formula is C5H5O2. The van der Waals surface area contributed by atoms with Crippen molar-refractivity contribution in [3.05, 3.63) is 31.5 Å². The maximum Gasteiger partial charge on any atom is 0.139 e. The topological polar surface area (TPSA) is 18.5 Å². The highest BCUT2D eigenvalue weighted by Gasteiger charge is 1.88. The fraction of sp³-hybridized carbons (Fsp3) is 0. The lowest BCUT2D eigenvalue weighted by molar-refractivity contribution is 0.267. The van der Waals surface area contributed by atoms with Crippen molar-refractivity contribution < 1.29 is 9.47 Å². The number of allylic oxidation sites excluding steroid dienone is 1. The summed E-state index contributed by atoms with van der Waals surface area (Å²) in [6.45, 7) is 3.46. The summed E-state index contributed by atoms with van der Waals surface area (Å²) < 4.78 is 9.37. The molecule has 1 rings (SSSR count). The molecule has 2 nitrogen and oxygen atoms in total. The summed E-state index contributed by atoms with van der Waals surface area (Å²) in [6.07, 6.45) is 4.30. The Morgan fingerprint density at radius 1 is 1.43 bits per heavy atom. The molecule has 0 saturated carbocycles. The van der Waals surface area contributed by atoms with Crippen molar-refractivity contribution in [1.29, 1.82) is 0 Å². The van der Waals surface area contributed by atoms with Gasteiger partial charge in [-0.2, -0.15) is 0 Å². The zero-order chi connectivity index (χ0) is 5.11. The standard InChI is InChI=1S/C5H5O2/c1-5-4-6-2-3-7-5/h2-4H,1H2. The molecule has 0 bridgehead atoms. The Hall–Kier alpha value is -0.920. The van der Waals surface area contributed by atoms with Gasteiger partial charge in [-0.25, -0.2) is 0 Å². The third-order valence-electron chi connectivity index (χ3n) is 0.553. The van der Waals surface area contributed by atoms with E-state index >= 15 is 0 Å². The van der Waals surface area contributed by atoms with E-state index in [1.54, 1.807) is 0 Å². The molecular weight excluding hydrogens is 92.1 g/mol. The second kappa shape index (κ2) is 1.69. The third kappa shape index (κ3) is 0.961. The molecule has 0 saturated heterocycles. The first-order valence-electron chi connectivity index (χ1n) is 1.89. The normalized spacial score (nSPS) is 17.0. The van der Waals surface area contributed by atoms with Gasteiger partial charge in [-0.3, -0.25) is 0 Å². The molecule has 0 aliphatic carbocycles. The molecule has 0 aromatic heterocycles. The van der Waals surface area contributed by atoms with E-state index in [1.807, 2.05) is 0 Å². The Bertz CT molecular complexity index is 113. The first-order chi connectivity index (χ1) is 3.39. The largest absolute Gasteiger partial charge is 0.466 e. The van der Waals surface area contributed by atoms with Crippen LogP contribution in [0.2, 0.25) is 0 Å². The van der Waals surface area contributed by atoms with Crippen LogP contribution in [0.5, 0.6) is 0 Å². The highest BCUT2D eigenvalue weighted by molar-refractivity contribution is 4.96. The first-order valence-corrected chi connectivity index (χ1v) is 1.89. The van der Waals surface area contributed by atoms with Gasteiger partial charge < -0.3 is 9.47 Å². The summed E-state index contributed by atoms with van der Waals surface area (Å²) in [7, 11) is 0. The molecule has 2 heteroatoms. The maximum atomic E-state index is 4.72. The van der Waals surface area contributed by atoms with E-state index in [1.165, 1.54) is 18.8 Å². The second-order valence-electron chi connectivity index (χ2n) is 1.11. The molecule has 7 heavy (non-hydrogen) atoms. The minimum absolute atomic E-state index is 0.530. The molecule has 37 valence electrons. The lowest BCUT2D eigenvalue weighted by atomic mass is 10.6. The van der Waals surface area contributed by atoms with Gasteiger partial charge in [0.15, 0.2) is 0 Å². The quantitative estimate of drug-likeness (QED) is 0.452. The van der Waals surface area contributed by atoms with Crippen LogP contribution < -0.4 is 0 Å². The number of hydrogen-bond donors (Lipinski definition) is 0. The van der Waals surface area contributed by atoms with Crippen LogP contribution in [0.25, 0.3) is 0 Å². The van der Waals surface area contributed by atoms with Gasteiger partial charge in [0.25, 0.3) is 0 Å². The predicted molar refractivity (Wildman–Crippen MR) is 24.7 cm³/mol. The molecule has 0 atom stereocenters. The summed E-state index contributed by atoms with van der Waals surface area (Å²) in [5.41, 5.74) is 0. The van der Waals surface area contributed by atoms with Crippen molar-refractivity contribution in [2.24, 2.45) is 0 Å². The molecule has 1 radical (unpaired) electrons. The van der Waals surface area contributed by atoms with E-state index in [0.29, 0.717) is 5.76 Å². The van der Waals surface area contributed by atoms with Crippen LogP contribution in [0, 0.1) is 6.92 Å². The molecule has 0 N–H and O–H groups in total. The molecule has 0 spiro atoms. The molecule has 0 unspecified atom stereocenters. The van der Waals surface area contributed by atoms with Crippen molar-refractivity contribution in [2.45, 2.75) is 0 Å². The fourth-order valence-corrected chi connectivity index (χ4v) is 0.290. The Balaban J connectivity index is 2.50. The van der Waals surface area contributed by atoms with Crippen molar-refractivity contribution in [3.63, 3.8) is 0 Å². The average Bonchev–Trinajstić information content (AvgIpc) is 1.69. The van der Waals surface area contributed by atoms with Crippen LogP contribution in [0.4, 0.5) is 0 Å². The Morgan fingerprint density at radius 2 is 2.29 bits per heavy atom. The zero-order valence-electron chi connectivity index (χ0n) is 3.76. The molecule has 0 aromatic rings. The van der Waals surface area contributed by atoms with Gasteiger partial charge in [0.1, 0.15) is 24.5 Å². The van der Waals surface area contributed by atoms with Crippen LogP contribution in [-0.4, -0.2) is 0 Å². The summed E-state index contributed by atoms with van der Waals surface area (Å²) in [5.74, 6) is 0.530.